The Labute approximate surface area is 139 Å². The summed E-state index contributed by atoms with van der Waals surface area (Å²) in [6.07, 6.45) is 12.6. The summed E-state index contributed by atoms with van der Waals surface area (Å²) in [6, 6.07) is 8.20. The number of allylic oxidation sites excluding steroid dienone is 3. The smallest absolute Gasteiger partial charge is 0.244 e. The first-order chi connectivity index (χ1) is 10.9. The van der Waals surface area contributed by atoms with E-state index in [4.69, 9.17) is 12.2 Å². The number of amides is 1. The van der Waals surface area contributed by atoms with Crippen LogP contribution in [0.1, 0.15) is 44.2 Å². The molecule has 120 valence electrons. The molecule has 2 nitrogen and oxygen atoms in total. The summed E-state index contributed by atoms with van der Waals surface area (Å²) in [5, 5.41) is 0. The maximum Gasteiger partial charge on any atom is 0.244 e. The van der Waals surface area contributed by atoms with Gasteiger partial charge in [-0.3, -0.25) is 4.79 Å². The first-order valence-electron chi connectivity index (χ1n) is 8.18. The molecular weight excluding hydrogens is 282 g/mol. The Morgan fingerprint density at radius 2 is 1.96 bits per heavy atom. The highest BCUT2D eigenvalue weighted by Crippen LogP contribution is 2.48. The van der Waals surface area contributed by atoms with Gasteiger partial charge in [0.15, 0.2) is 0 Å². The Morgan fingerprint density at radius 1 is 1.30 bits per heavy atom. The van der Waals surface area contributed by atoms with E-state index >= 15 is 0 Å². The van der Waals surface area contributed by atoms with Crippen LogP contribution in [0.4, 0.5) is 0 Å². The predicted octanol–water partition coefficient (Wildman–Crippen LogP) is 4.03. The second kappa shape index (κ2) is 7.33. The SMILES string of the molecule is C#Cc1ccc(C2CC2/C=C/C=C(/C(N)=O)C(C)C(C)C)cc1. The lowest BCUT2D eigenvalue weighted by Crippen LogP contribution is -2.21. The molecule has 1 aliphatic rings. The van der Waals surface area contributed by atoms with Crippen LogP contribution in [0.15, 0.2) is 48.1 Å². The largest absolute Gasteiger partial charge is 0.366 e. The van der Waals surface area contributed by atoms with Gasteiger partial charge in [0.2, 0.25) is 5.91 Å². The van der Waals surface area contributed by atoms with Crippen molar-refractivity contribution in [2.45, 2.75) is 33.1 Å². The van der Waals surface area contributed by atoms with E-state index < -0.39 is 0 Å². The molecule has 0 saturated heterocycles. The molecule has 1 fully saturated rings. The Balaban J connectivity index is 2.00. The topological polar surface area (TPSA) is 43.1 Å². The lowest BCUT2D eigenvalue weighted by Gasteiger charge is -2.16. The van der Waals surface area contributed by atoms with Crippen LogP contribution in [0.2, 0.25) is 0 Å². The van der Waals surface area contributed by atoms with Crippen LogP contribution in [0.25, 0.3) is 0 Å². The summed E-state index contributed by atoms with van der Waals surface area (Å²) in [5.41, 5.74) is 8.44. The monoisotopic (exact) mass is 307 g/mol. The standard InChI is InChI=1S/C21H25NO/c1-5-16-9-11-17(12-10-16)20-13-18(20)7-6-8-19(21(22)23)15(4)14(2)3/h1,6-12,14-15,18,20H,13H2,2-4H3,(H2,22,23)/b7-6+,19-8+. The summed E-state index contributed by atoms with van der Waals surface area (Å²) >= 11 is 0. The fourth-order valence-electron chi connectivity index (χ4n) is 2.76. The van der Waals surface area contributed by atoms with Gasteiger partial charge in [0.1, 0.15) is 0 Å². The maximum absolute atomic E-state index is 11.6. The average Bonchev–Trinajstić information content (AvgIpc) is 3.30. The van der Waals surface area contributed by atoms with Crippen LogP contribution < -0.4 is 5.73 Å². The Bertz CT molecular complexity index is 658. The molecule has 3 unspecified atom stereocenters. The van der Waals surface area contributed by atoms with E-state index in [9.17, 15) is 4.79 Å². The number of hydrogen-bond donors (Lipinski definition) is 1. The zero-order chi connectivity index (χ0) is 17.0. The van der Waals surface area contributed by atoms with E-state index in [0.717, 1.165) is 12.0 Å². The van der Waals surface area contributed by atoms with E-state index in [1.54, 1.807) is 0 Å². The minimum Gasteiger partial charge on any atom is -0.366 e. The fourth-order valence-corrected chi connectivity index (χ4v) is 2.76. The van der Waals surface area contributed by atoms with Gasteiger partial charge in [-0.25, -0.2) is 0 Å². The second-order valence-corrected chi connectivity index (χ2v) is 6.68. The highest BCUT2D eigenvalue weighted by Gasteiger charge is 2.35. The number of benzene rings is 1. The highest BCUT2D eigenvalue weighted by atomic mass is 16.1. The van der Waals surface area contributed by atoms with E-state index in [-0.39, 0.29) is 11.8 Å². The van der Waals surface area contributed by atoms with Crippen LogP contribution in [0, 0.1) is 30.1 Å². The number of hydrogen-bond acceptors (Lipinski definition) is 1. The Kier molecular flexibility index (Phi) is 5.45. The predicted molar refractivity (Wildman–Crippen MR) is 95.6 cm³/mol. The first kappa shape index (κ1) is 17.1. The van der Waals surface area contributed by atoms with Crippen molar-refractivity contribution in [2.75, 3.05) is 0 Å². The summed E-state index contributed by atoms with van der Waals surface area (Å²) in [5.74, 6) is 3.97. The maximum atomic E-state index is 11.6. The van der Waals surface area contributed by atoms with Gasteiger partial charge >= 0.3 is 0 Å². The van der Waals surface area contributed by atoms with Gasteiger partial charge in [0.05, 0.1) is 0 Å². The molecule has 0 heterocycles. The number of rotatable bonds is 6. The number of primary amides is 1. The molecule has 1 aliphatic carbocycles. The minimum atomic E-state index is -0.326. The van der Waals surface area contributed by atoms with Gasteiger partial charge in [0.25, 0.3) is 0 Å². The molecule has 1 saturated carbocycles. The summed E-state index contributed by atoms with van der Waals surface area (Å²) in [6.45, 7) is 6.24. The van der Waals surface area contributed by atoms with Crippen molar-refractivity contribution in [2.24, 2.45) is 23.5 Å². The Hall–Kier alpha value is -2.27. The van der Waals surface area contributed by atoms with Crippen LogP contribution in [0.5, 0.6) is 0 Å². The fraction of sp³-hybridized carbons (Fsp3) is 0.381. The van der Waals surface area contributed by atoms with Crippen LogP contribution in [-0.4, -0.2) is 5.91 Å². The first-order valence-corrected chi connectivity index (χ1v) is 8.18. The van der Waals surface area contributed by atoms with Gasteiger partial charge in [0, 0.05) is 11.1 Å². The van der Waals surface area contributed by atoms with Crippen molar-refractivity contribution < 1.29 is 4.79 Å². The molecule has 3 atom stereocenters. The zero-order valence-electron chi connectivity index (χ0n) is 14.1. The number of terminal acetylenes is 1. The lowest BCUT2D eigenvalue weighted by atomic mass is 9.89. The van der Waals surface area contributed by atoms with Gasteiger partial charge in [-0.1, -0.05) is 57.1 Å². The van der Waals surface area contributed by atoms with E-state index in [0.29, 0.717) is 23.3 Å². The third kappa shape index (κ3) is 4.36. The van der Waals surface area contributed by atoms with Crippen molar-refractivity contribution in [3.8, 4) is 12.3 Å². The zero-order valence-corrected chi connectivity index (χ0v) is 14.1. The molecule has 2 N–H and O–H groups in total. The molecule has 2 rings (SSSR count). The third-order valence-electron chi connectivity index (χ3n) is 4.75. The van der Waals surface area contributed by atoms with E-state index in [1.807, 2.05) is 31.2 Å². The normalized spacial score (nSPS) is 22.1. The molecule has 1 aromatic carbocycles. The summed E-state index contributed by atoms with van der Waals surface area (Å²) < 4.78 is 0. The average molecular weight is 307 g/mol. The third-order valence-corrected chi connectivity index (χ3v) is 4.75. The second-order valence-electron chi connectivity index (χ2n) is 6.68. The molecule has 0 bridgehead atoms. The molecule has 0 aliphatic heterocycles. The van der Waals surface area contributed by atoms with Crippen LogP contribution in [-0.2, 0) is 4.79 Å². The van der Waals surface area contributed by atoms with Crippen molar-refractivity contribution in [1.82, 2.24) is 0 Å². The van der Waals surface area contributed by atoms with Crippen molar-refractivity contribution in [3.05, 3.63) is 59.2 Å². The molecule has 2 heteroatoms. The molecule has 1 aromatic rings. The summed E-state index contributed by atoms with van der Waals surface area (Å²) in [4.78, 5) is 11.6. The number of carbonyl (C=O) groups excluding carboxylic acids is 1. The lowest BCUT2D eigenvalue weighted by molar-refractivity contribution is -0.115. The quantitative estimate of drug-likeness (QED) is 0.481. The molecule has 0 radical (unpaired) electrons. The molecule has 0 aromatic heterocycles. The van der Waals surface area contributed by atoms with Gasteiger partial charge in [-0.2, -0.15) is 0 Å². The van der Waals surface area contributed by atoms with Gasteiger partial charge in [-0.15, -0.1) is 6.42 Å². The van der Waals surface area contributed by atoms with Gasteiger partial charge < -0.3 is 5.73 Å². The molecule has 0 spiro atoms. The van der Waals surface area contributed by atoms with Crippen molar-refractivity contribution in [3.63, 3.8) is 0 Å². The highest BCUT2D eigenvalue weighted by molar-refractivity contribution is 5.92. The summed E-state index contributed by atoms with van der Waals surface area (Å²) in [7, 11) is 0. The van der Waals surface area contributed by atoms with Crippen LogP contribution in [0.3, 0.4) is 0 Å². The van der Waals surface area contributed by atoms with E-state index in [2.05, 4.69) is 38.0 Å². The Morgan fingerprint density at radius 3 is 2.48 bits per heavy atom. The van der Waals surface area contributed by atoms with E-state index in [1.165, 1.54) is 5.56 Å². The van der Waals surface area contributed by atoms with Crippen LogP contribution >= 0.6 is 0 Å². The van der Waals surface area contributed by atoms with Crippen molar-refractivity contribution in [1.29, 1.82) is 0 Å². The van der Waals surface area contributed by atoms with Crippen molar-refractivity contribution >= 4 is 5.91 Å². The number of nitrogens with two attached hydrogens (primary N) is 1. The molecular formula is C21H25NO. The molecule has 1 amide bonds. The number of carbonyl (C=O) groups is 1. The van der Waals surface area contributed by atoms with Gasteiger partial charge in [-0.05, 0) is 47.8 Å². The minimum absolute atomic E-state index is 0.170. The molecule has 23 heavy (non-hydrogen) atoms.